The Balaban J connectivity index is 0.750. The van der Waals surface area contributed by atoms with E-state index in [9.17, 15) is 24.3 Å². The van der Waals surface area contributed by atoms with Gasteiger partial charge in [-0.3, -0.25) is 28.7 Å². The fourth-order valence-corrected chi connectivity index (χ4v) is 11.6. The van der Waals surface area contributed by atoms with Crippen molar-refractivity contribution in [3.8, 4) is 27.1 Å². The standard InChI is InChI=1S/C53H59ClN10O7S2/c1-27-30(4)73-52-45(27)46(33-13-15-35(54)16-14-33)59-40(49-62-61-31(5)64(49)52)22-42(66)58-36-19-39(20-36)71-44-18-17-38(23-55-44)70-25-43(67)60-48(53(6,7)8)51(69)63-24-37(65)21-41(63)50(68)57-28(2)32-9-11-34(12-10-32)47-29(3)56-26-72-47/h9-18,23,26,28,36-37,39-41,48,65H,19-22,24-25H2,1-8H3,(H,57,68)(H,58,66)(H,60,67)/t28-,36-,37-,39-,40-,41+,48?/m0/s1. The Morgan fingerprint density at radius 1 is 0.904 bits per heavy atom. The smallest absolute Gasteiger partial charge is 0.258 e. The topological polar surface area (TPSA) is 215 Å². The summed E-state index contributed by atoms with van der Waals surface area (Å²) in [6, 6.07) is 15.7. The molecule has 17 nitrogen and oxygen atoms in total. The third-order valence-electron chi connectivity index (χ3n) is 13.6. The molecule has 2 aliphatic heterocycles. The molecular weight excluding hydrogens is 988 g/mol. The lowest BCUT2D eigenvalue weighted by molar-refractivity contribution is -0.144. The summed E-state index contributed by atoms with van der Waals surface area (Å²) in [7, 11) is 0. The molecule has 0 spiro atoms. The second-order valence-corrected chi connectivity index (χ2v) is 22.6. The number of hydrogen-bond donors (Lipinski definition) is 4. The van der Waals surface area contributed by atoms with Crippen LogP contribution in [0.2, 0.25) is 5.02 Å². The van der Waals surface area contributed by atoms with E-state index in [2.05, 4.69) is 50.0 Å². The molecule has 2 fully saturated rings. The molecule has 1 saturated heterocycles. The van der Waals surface area contributed by atoms with Gasteiger partial charge in [0.1, 0.15) is 40.8 Å². The number of aliphatic hydroxyl groups is 1. The van der Waals surface area contributed by atoms with Crippen molar-refractivity contribution in [3.05, 3.63) is 122 Å². The molecule has 6 heterocycles. The second-order valence-electron chi connectivity index (χ2n) is 20.1. The van der Waals surface area contributed by atoms with Gasteiger partial charge in [0.2, 0.25) is 23.6 Å². The normalized spacial score (nSPS) is 20.1. The minimum Gasteiger partial charge on any atom is -0.482 e. The molecule has 20 heteroatoms. The number of aliphatic imine (C=N–C) groups is 1. The molecule has 5 atom stereocenters. The number of β-amino-alcohol motifs (C(OH)–C–C–N with tert-alkyl or cyclic N) is 1. The van der Waals surface area contributed by atoms with Crippen molar-refractivity contribution in [2.24, 2.45) is 10.4 Å². The molecule has 382 valence electrons. The van der Waals surface area contributed by atoms with Crippen LogP contribution in [0.25, 0.3) is 15.4 Å². The number of amides is 4. The van der Waals surface area contributed by atoms with Crippen LogP contribution in [0.4, 0.5) is 0 Å². The van der Waals surface area contributed by atoms with Crippen molar-refractivity contribution in [1.82, 2.24) is 45.6 Å². The van der Waals surface area contributed by atoms with Crippen LogP contribution in [0.3, 0.4) is 0 Å². The van der Waals surface area contributed by atoms with Crippen LogP contribution in [-0.4, -0.2) is 108 Å². The first kappa shape index (κ1) is 51.4. The molecule has 73 heavy (non-hydrogen) atoms. The van der Waals surface area contributed by atoms with Crippen molar-refractivity contribution < 1.29 is 33.8 Å². The van der Waals surface area contributed by atoms with Gasteiger partial charge in [-0.1, -0.05) is 68.8 Å². The van der Waals surface area contributed by atoms with E-state index in [-0.39, 0.29) is 43.5 Å². The van der Waals surface area contributed by atoms with Gasteiger partial charge in [0.15, 0.2) is 12.4 Å². The Bertz CT molecular complexity index is 3050. The molecule has 1 aliphatic carbocycles. The number of carbonyl (C=O) groups is 4. The lowest BCUT2D eigenvalue weighted by Crippen LogP contribution is -2.58. The number of aromatic nitrogens is 5. The highest BCUT2D eigenvalue weighted by Gasteiger charge is 2.45. The number of nitrogens with zero attached hydrogens (tertiary/aromatic N) is 7. The summed E-state index contributed by atoms with van der Waals surface area (Å²) in [4.78, 5) is 72.4. The molecule has 4 aromatic heterocycles. The first-order valence-corrected chi connectivity index (χ1v) is 26.4. The molecule has 1 saturated carbocycles. The second kappa shape index (κ2) is 21.1. The van der Waals surface area contributed by atoms with E-state index in [1.54, 1.807) is 34.8 Å². The highest BCUT2D eigenvalue weighted by atomic mass is 35.5. The third-order valence-corrected chi connectivity index (χ3v) is 16.0. The zero-order chi connectivity index (χ0) is 51.9. The van der Waals surface area contributed by atoms with Crippen molar-refractivity contribution in [2.75, 3.05) is 13.2 Å². The zero-order valence-corrected chi connectivity index (χ0v) is 44.3. The van der Waals surface area contributed by atoms with Gasteiger partial charge in [0, 0.05) is 58.9 Å². The van der Waals surface area contributed by atoms with Gasteiger partial charge in [-0.15, -0.1) is 32.9 Å². The molecule has 6 aromatic rings. The Morgan fingerprint density at radius 2 is 1.63 bits per heavy atom. The third kappa shape index (κ3) is 11.2. The number of likely N-dealkylation sites (tertiary alicyclic amines) is 1. The summed E-state index contributed by atoms with van der Waals surface area (Å²) in [5.74, 6) is 0.432. The summed E-state index contributed by atoms with van der Waals surface area (Å²) < 4.78 is 13.9. The molecule has 9 rings (SSSR count). The monoisotopic (exact) mass is 1050 g/mol. The highest BCUT2D eigenvalue weighted by molar-refractivity contribution is 7.15. The number of aliphatic hydroxyl groups excluding tert-OH is 1. The predicted octanol–water partition coefficient (Wildman–Crippen LogP) is 7.49. The van der Waals surface area contributed by atoms with Crippen molar-refractivity contribution in [2.45, 2.75) is 123 Å². The largest absolute Gasteiger partial charge is 0.482 e. The van der Waals surface area contributed by atoms with Crippen LogP contribution in [-0.2, 0) is 19.2 Å². The molecule has 1 unspecified atom stereocenters. The molecule has 0 radical (unpaired) electrons. The van der Waals surface area contributed by atoms with Gasteiger partial charge in [-0.25, -0.2) is 9.97 Å². The maximum Gasteiger partial charge on any atom is 0.258 e. The summed E-state index contributed by atoms with van der Waals surface area (Å²) in [5.41, 5.74) is 7.73. The van der Waals surface area contributed by atoms with Crippen molar-refractivity contribution >= 4 is 63.6 Å². The summed E-state index contributed by atoms with van der Waals surface area (Å²) in [5, 5.41) is 30.2. The fraction of sp³-hybridized carbons (Fsp3) is 0.415. The molecule has 3 aliphatic rings. The number of benzene rings is 2. The van der Waals surface area contributed by atoms with E-state index in [1.807, 2.05) is 100 Å². The summed E-state index contributed by atoms with van der Waals surface area (Å²) >= 11 is 9.49. The van der Waals surface area contributed by atoms with E-state index in [0.29, 0.717) is 35.3 Å². The number of nitrogens with one attached hydrogen (secondary N) is 3. The van der Waals surface area contributed by atoms with Gasteiger partial charge >= 0.3 is 0 Å². The van der Waals surface area contributed by atoms with Crippen LogP contribution >= 0.6 is 34.3 Å². The lowest BCUT2D eigenvalue weighted by Gasteiger charge is -2.35. The van der Waals surface area contributed by atoms with Crippen LogP contribution < -0.4 is 25.4 Å². The SMILES string of the molecule is Cc1ncsc1-c1ccc([C@H](C)NC(=O)[C@H]2C[C@H](O)CN2C(=O)C(NC(=O)COc2ccc(O[C@H]3C[C@H](NC(=O)C[C@@H]4N=C(c5ccc(Cl)cc5)c5c(sc(C)c5C)-n5c(C)nnc54)C3)nc2)C(C)(C)C)cc1. The predicted molar refractivity (Wildman–Crippen MR) is 280 cm³/mol. The van der Waals surface area contributed by atoms with E-state index in [4.69, 9.17) is 26.1 Å². The fourth-order valence-electron chi connectivity index (χ4n) is 9.43. The Kier molecular flexibility index (Phi) is 14.9. The van der Waals surface area contributed by atoms with E-state index in [0.717, 1.165) is 59.8 Å². The summed E-state index contributed by atoms with van der Waals surface area (Å²) in [6.45, 7) is 14.9. The molecular formula is C53H59ClN10O7S2. The number of thiazole rings is 1. The number of fused-ring (bicyclic) bond motifs is 3. The zero-order valence-electron chi connectivity index (χ0n) is 41.9. The van der Waals surface area contributed by atoms with Crippen molar-refractivity contribution in [3.63, 3.8) is 0 Å². The quantitative estimate of drug-likeness (QED) is 0.0791. The number of rotatable bonds is 15. The number of thiophene rings is 1. The first-order chi connectivity index (χ1) is 34.8. The lowest BCUT2D eigenvalue weighted by atomic mass is 9.85. The van der Waals surface area contributed by atoms with Crippen LogP contribution in [0.5, 0.6) is 11.6 Å². The number of carbonyl (C=O) groups excluding carboxylic acids is 4. The van der Waals surface area contributed by atoms with Gasteiger partial charge < -0.3 is 35.4 Å². The molecule has 0 bridgehead atoms. The molecule has 4 amide bonds. The van der Waals surface area contributed by atoms with E-state index in [1.165, 1.54) is 11.1 Å². The van der Waals surface area contributed by atoms with Gasteiger partial charge in [0.25, 0.3) is 5.91 Å². The number of aryl methyl sites for hydroxylation is 3. The number of halogens is 1. The molecule has 2 aromatic carbocycles. The number of hydrogen-bond acceptors (Lipinski definition) is 14. The van der Waals surface area contributed by atoms with E-state index < -0.39 is 54.0 Å². The Morgan fingerprint density at radius 3 is 2.30 bits per heavy atom. The maximum atomic E-state index is 14.2. The van der Waals surface area contributed by atoms with Gasteiger partial charge in [0.05, 0.1) is 46.6 Å². The van der Waals surface area contributed by atoms with Gasteiger partial charge in [-0.05, 0) is 74.9 Å². The average Bonchev–Trinajstić information content (AvgIpc) is 4.11. The number of pyridine rings is 1. The summed E-state index contributed by atoms with van der Waals surface area (Å²) in [6.07, 6.45) is 1.68. The van der Waals surface area contributed by atoms with E-state index >= 15 is 0 Å². The van der Waals surface area contributed by atoms with Crippen LogP contribution in [0.15, 0.2) is 77.4 Å². The minimum absolute atomic E-state index is 0.0471. The van der Waals surface area contributed by atoms with Crippen LogP contribution in [0, 0.1) is 33.1 Å². The highest BCUT2D eigenvalue weighted by Crippen LogP contribution is 2.40. The van der Waals surface area contributed by atoms with Crippen LogP contribution in [0.1, 0.15) is 110 Å². The Hall–Kier alpha value is -6.54. The average molecular weight is 1050 g/mol. The Labute approximate surface area is 436 Å². The molecule has 4 N–H and O–H groups in total. The first-order valence-electron chi connectivity index (χ1n) is 24.3. The minimum atomic E-state index is -1.03. The maximum absolute atomic E-state index is 14.2. The van der Waals surface area contributed by atoms with Crippen molar-refractivity contribution in [1.29, 1.82) is 0 Å². The van der Waals surface area contributed by atoms with Gasteiger partial charge in [-0.2, -0.15) is 0 Å². The number of ether oxygens (including phenoxy) is 2.